The maximum atomic E-state index is 14.0. The molecule has 3 amide bonds. The molecular weight excluding hydrogens is 608 g/mol. The summed E-state index contributed by atoms with van der Waals surface area (Å²) in [5, 5.41) is 23.5. The number of hydrogen-bond donors (Lipinski definition) is 5. The van der Waals surface area contributed by atoms with Crippen molar-refractivity contribution in [3.63, 3.8) is 0 Å². The van der Waals surface area contributed by atoms with Crippen molar-refractivity contribution < 1.29 is 43.2 Å². The fraction of sp³-hybridized carbons (Fsp3) is 0.559. The Morgan fingerprint density at radius 2 is 1.64 bits per heavy atom. The fourth-order valence-electron chi connectivity index (χ4n) is 5.27. The third kappa shape index (κ3) is 12.1. The van der Waals surface area contributed by atoms with E-state index in [1.54, 1.807) is 0 Å². The molecule has 13 heteroatoms. The lowest BCUT2D eigenvalue weighted by Crippen LogP contribution is -2.62. The van der Waals surface area contributed by atoms with Crippen LogP contribution in [0.2, 0.25) is 0 Å². The molecule has 0 radical (unpaired) electrons. The van der Waals surface area contributed by atoms with Gasteiger partial charge in [0.2, 0.25) is 11.8 Å². The first-order valence-electron chi connectivity index (χ1n) is 16.3. The minimum atomic E-state index is -1.42. The Morgan fingerprint density at radius 1 is 0.915 bits per heavy atom. The Kier molecular flexibility index (Phi) is 14.7. The molecule has 5 N–H and O–H groups in total. The van der Waals surface area contributed by atoms with E-state index in [0.29, 0.717) is 51.8 Å². The zero-order chi connectivity index (χ0) is 33.4. The van der Waals surface area contributed by atoms with Crippen molar-refractivity contribution in [2.45, 2.75) is 63.6 Å². The van der Waals surface area contributed by atoms with Gasteiger partial charge in [0.05, 0.1) is 51.8 Å². The molecular formula is C34H48N4O9. The van der Waals surface area contributed by atoms with Crippen LogP contribution < -0.4 is 26.0 Å². The van der Waals surface area contributed by atoms with Crippen LogP contribution >= 0.6 is 0 Å². The number of ether oxygens (including phenoxy) is 5. The van der Waals surface area contributed by atoms with Crippen molar-refractivity contribution in [1.29, 1.82) is 0 Å². The second-order valence-electron chi connectivity index (χ2n) is 11.9. The summed E-state index contributed by atoms with van der Waals surface area (Å²) in [6.45, 7) is 6.69. The number of rotatable bonds is 7. The normalized spacial score (nSPS) is 23.4. The third-order valence-corrected chi connectivity index (χ3v) is 7.91. The summed E-state index contributed by atoms with van der Waals surface area (Å²) in [6.07, 6.45) is -1.74. The van der Waals surface area contributed by atoms with Gasteiger partial charge >= 0.3 is 6.09 Å². The molecule has 258 valence electrons. The van der Waals surface area contributed by atoms with Gasteiger partial charge in [-0.05, 0) is 35.6 Å². The minimum absolute atomic E-state index is 0.205. The predicted octanol–water partition coefficient (Wildman–Crippen LogP) is 1.31. The van der Waals surface area contributed by atoms with Gasteiger partial charge < -0.3 is 44.7 Å². The van der Waals surface area contributed by atoms with E-state index in [4.69, 9.17) is 23.7 Å². The fourth-order valence-corrected chi connectivity index (χ4v) is 5.27. The van der Waals surface area contributed by atoms with E-state index in [0.717, 1.165) is 11.1 Å². The van der Waals surface area contributed by atoms with Gasteiger partial charge in [0.1, 0.15) is 30.5 Å². The van der Waals surface area contributed by atoms with Crippen LogP contribution in [0.4, 0.5) is 4.79 Å². The first-order valence-corrected chi connectivity index (χ1v) is 16.3. The van der Waals surface area contributed by atoms with Crippen LogP contribution in [0.25, 0.3) is 0 Å². The number of carbonyl (C=O) groups is 3. The van der Waals surface area contributed by atoms with Gasteiger partial charge in [-0.25, -0.2) is 4.79 Å². The van der Waals surface area contributed by atoms with E-state index in [-0.39, 0.29) is 37.9 Å². The van der Waals surface area contributed by atoms with Crippen molar-refractivity contribution in [3.05, 3.63) is 65.7 Å². The highest BCUT2D eigenvalue weighted by molar-refractivity contribution is 5.90. The molecule has 1 unspecified atom stereocenters. The largest absolute Gasteiger partial charge is 0.491 e. The number of alkyl carbamates (subject to hydrolysis) is 1. The number of carbonyl (C=O) groups excluding carboxylic acids is 3. The van der Waals surface area contributed by atoms with Gasteiger partial charge in [0.25, 0.3) is 0 Å². The number of aliphatic hydroxyl groups is 1. The molecule has 13 nitrogen and oxygen atoms in total. The van der Waals surface area contributed by atoms with Crippen LogP contribution in [0.5, 0.6) is 5.75 Å². The van der Waals surface area contributed by atoms with Crippen LogP contribution in [-0.4, -0.2) is 106 Å². The van der Waals surface area contributed by atoms with Gasteiger partial charge in [-0.15, -0.1) is 0 Å². The number of fused-ring (bicyclic) bond motifs is 18. The van der Waals surface area contributed by atoms with E-state index in [2.05, 4.69) is 21.3 Å². The van der Waals surface area contributed by atoms with Crippen LogP contribution in [-0.2, 0) is 41.5 Å². The molecule has 1 fully saturated rings. The van der Waals surface area contributed by atoms with Gasteiger partial charge in [-0.1, -0.05) is 56.3 Å². The highest BCUT2D eigenvalue weighted by Crippen LogP contribution is 2.16. The van der Waals surface area contributed by atoms with Crippen molar-refractivity contribution in [1.82, 2.24) is 21.3 Å². The summed E-state index contributed by atoms with van der Waals surface area (Å²) < 4.78 is 27.7. The third-order valence-electron chi connectivity index (χ3n) is 7.91. The Bertz CT molecular complexity index is 1240. The van der Waals surface area contributed by atoms with Gasteiger partial charge in [-0.2, -0.15) is 0 Å². The van der Waals surface area contributed by atoms with Gasteiger partial charge in [-0.3, -0.25) is 14.9 Å². The van der Waals surface area contributed by atoms with Crippen molar-refractivity contribution in [2.24, 2.45) is 5.92 Å². The molecule has 5 rings (SSSR count). The summed E-state index contributed by atoms with van der Waals surface area (Å²) in [5.74, 6) is -0.567. The van der Waals surface area contributed by atoms with Crippen LogP contribution in [0, 0.1) is 5.92 Å². The monoisotopic (exact) mass is 656 g/mol. The lowest BCUT2D eigenvalue weighted by Gasteiger charge is -2.32. The van der Waals surface area contributed by atoms with E-state index >= 15 is 0 Å². The van der Waals surface area contributed by atoms with E-state index in [1.807, 2.05) is 68.4 Å². The SMILES string of the molecule is CC(C)[C@@H]1NC(=O)[C@@H]([C@H](O)[C@H](Cc2ccccc2)NC(=O)OC2CCOC2)NCc2ccc(cc2)OCCOCCOCCNC1=O. The molecule has 0 spiro atoms. The maximum absolute atomic E-state index is 14.0. The predicted molar refractivity (Wildman–Crippen MR) is 173 cm³/mol. The molecule has 2 aromatic carbocycles. The van der Waals surface area contributed by atoms with Crippen LogP contribution in [0.15, 0.2) is 54.6 Å². The second kappa shape index (κ2) is 19.2. The van der Waals surface area contributed by atoms with Gasteiger partial charge in [0.15, 0.2) is 0 Å². The van der Waals surface area contributed by atoms with E-state index in [9.17, 15) is 19.5 Å². The zero-order valence-corrected chi connectivity index (χ0v) is 27.2. The highest BCUT2D eigenvalue weighted by Gasteiger charge is 2.37. The number of hydrogen-bond acceptors (Lipinski definition) is 10. The lowest BCUT2D eigenvalue weighted by molar-refractivity contribution is -0.133. The summed E-state index contributed by atoms with van der Waals surface area (Å²) in [5.41, 5.74) is 1.67. The lowest BCUT2D eigenvalue weighted by atomic mass is 9.94. The summed E-state index contributed by atoms with van der Waals surface area (Å²) in [6, 6.07) is 13.6. The Balaban J connectivity index is 1.57. The molecule has 2 bridgehead atoms. The average molecular weight is 657 g/mol. The number of nitrogens with one attached hydrogen (secondary N) is 4. The molecule has 5 atom stereocenters. The Morgan fingerprint density at radius 3 is 2.34 bits per heavy atom. The Hall–Kier alpha value is -3.75. The number of aliphatic hydroxyl groups excluding tert-OH is 1. The first kappa shape index (κ1) is 36.1. The van der Waals surface area contributed by atoms with Gasteiger partial charge in [0, 0.05) is 19.5 Å². The van der Waals surface area contributed by atoms with E-state index in [1.165, 1.54) is 0 Å². The van der Waals surface area contributed by atoms with Crippen LogP contribution in [0.3, 0.4) is 0 Å². The molecule has 0 aliphatic carbocycles. The first-order chi connectivity index (χ1) is 22.8. The summed E-state index contributed by atoms with van der Waals surface area (Å²) >= 11 is 0. The maximum Gasteiger partial charge on any atom is 0.407 e. The number of amides is 3. The molecule has 2 aromatic rings. The molecule has 3 aliphatic heterocycles. The van der Waals surface area contributed by atoms with E-state index < -0.39 is 42.3 Å². The Labute approximate surface area is 276 Å². The molecule has 1 saturated heterocycles. The molecule has 0 saturated carbocycles. The summed E-state index contributed by atoms with van der Waals surface area (Å²) in [7, 11) is 0. The standard InChI is InChI=1S/C34H48N4O9/c1-23(2)29-32(40)35-13-15-43-16-17-44-18-19-46-26-10-8-25(9-11-26)21-36-30(33(41)38-29)31(39)28(20-24-6-4-3-5-7-24)37-34(42)47-27-12-14-45-22-27/h3-11,23,27-31,36,39H,12-22H2,1-2H3,(H,35,40)(H,37,42)(H,38,41)/t27?,28-,29-,30+,31+/m0/s1. The van der Waals surface area contributed by atoms with Crippen LogP contribution in [0.1, 0.15) is 31.4 Å². The van der Waals surface area contributed by atoms with Crippen molar-refractivity contribution >= 4 is 17.9 Å². The molecule has 47 heavy (non-hydrogen) atoms. The van der Waals surface area contributed by atoms with Crippen molar-refractivity contribution in [3.8, 4) is 5.75 Å². The molecule has 0 aromatic heterocycles. The minimum Gasteiger partial charge on any atom is -0.491 e. The topological polar surface area (TPSA) is 166 Å². The number of benzene rings is 2. The average Bonchev–Trinajstić information content (AvgIpc) is 3.57. The summed E-state index contributed by atoms with van der Waals surface area (Å²) in [4.78, 5) is 40.1. The second-order valence-corrected chi connectivity index (χ2v) is 11.9. The molecule has 3 aliphatic rings. The highest BCUT2D eigenvalue weighted by atomic mass is 16.6. The quantitative estimate of drug-likeness (QED) is 0.275. The van der Waals surface area contributed by atoms with Crippen molar-refractivity contribution in [2.75, 3.05) is 52.8 Å². The molecule has 3 heterocycles. The zero-order valence-electron chi connectivity index (χ0n) is 27.2. The smallest absolute Gasteiger partial charge is 0.407 e.